The largest absolute Gasteiger partial charge is 0.394 e. The van der Waals surface area contributed by atoms with Gasteiger partial charge < -0.3 is 9.84 Å². The lowest BCUT2D eigenvalue weighted by molar-refractivity contribution is -0.000377. The van der Waals surface area contributed by atoms with E-state index in [1.54, 1.807) is 6.08 Å². The molecule has 0 saturated carbocycles. The van der Waals surface area contributed by atoms with Gasteiger partial charge in [0.1, 0.15) is 0 Å². The van der Waals surface area contributed by atoms with Crippen LogP contribution in [0, 0.1) is 5.92 Å². The molecule has 0 aromatic rings. The van der Waals surface area contributed by atoms with Gasteiger partial charge in [0, 0.05) is 0 Å². The van der Waals surface area contributed by atoms with Crippen molar-refractivity contribution in [2.24, 2.45) is 5.92 Å². The summed E-state index contributed by atoms with van der Waals surface area (Å²) in [5, 5.41) is 8.76. The first-order chi connectivity index (χ1) is 4.72. The van der Waals surface area contributed by atoms with Gasteiger partial charge in [-0.05, 0) is 5.92 Å². The van der Waals surface area contributed by atoms with E-state index in [0.717, 1.165) is 0 Å². The molecule has 2 nitrogen and oxygen atoms in total. The summed E-state index contributed by atoms with van der Waals surface area (Å²) in [5.74, 6) is 0.366. The minimum Gasteiger partial charge on any atom is -0.394 e. The van der Waals surface area contributed by atoms with Gasteiger partial charge in [-0.2, -0.15) is 0 Å². The van der Waals surface area contributed by atoms with Gasteiger partial charge in [-0.1, -0.05) is 19.9 Å². The molecule has 0 heterocycles. The molecule has 1 atom stereocenters. The Labute approximate surface area is 62.5 Å². The lowest BCUT2D eigenvalue weighted by Gasteiger charge is -2.17. The first-order valence-corrected chi connectivity index (χ1v) is 3.55. The van der Waals surface area contributed by atoms with Crippen molar-refractivity contribution in [3.05, 3.63) is 12.7 Å². The van der Waals surface area contributed by atoms with Crippen LogP contribution in [0.1, 0.15) is 13.8 Å². The van der Waals surface area contributed by atoms with Gasteiger partial charge in [0.2, 0.25) is 0 Å². The summed E-state index contributed by atoms with van der Waals surface area (Å²) in [6, 6.07) is 0. The van der Waals surface area contributed by atoms with E-state index in [2.05, 4.69) is 6.58 Å². The van der Waals surface area contributed by atoms with Gasteiger partial charge in [-0.25, -0.2) is 0 Å². The molecule has 0 aliphatic carbocycles. The Bertz CT molecular complexity index is 89.3. The molecule has 0 aromatic carbocycles. The van der Waals surface area contributed by atoms with E-state index in [9.17, 15) is 0 Å². The van der Waals surface area contributed by atoms with Crippen molar-refractivity contribution < 1.29 is 9.84 Å². The van der Waals surface area contributed by atoms with Gasteiger partial charge in [0.15, 0.2) is 0 Å². The first-order valence-electron chi connectivity index (χ1n) is 3.55. The number of rotatable bonds is 5. The highest BCUT2D eigenvalue weighted by molar-refractivity contribution is 4.68. The Hall–Kier alpha value is -0.340. The number of ether oxygens (including phenoxy) is 1. The third kappa shape index (κ3) is 3.64. The van der Waals surface area contributed by atoms with E-state index in [4.69, 9.17) is 9.84 Å². The molecule has 10 heavy (non-hydrogen) atoms. The van der Waals surface area contributed by atoms with Gasteiger partial charge in [-0.3, -0.25) is 0 Å². The van der Waals surface area contributed by atoms with Crippen LogP contribution in [0.3, 0.4) is 0 Å². The van der Waals surface area contributed by atoms with E-state index in [1.165, 1.54) is 0 Å². The predicted molar refractivity (Wildman–Crippen MR) is 41.9 cm³/mol. The normalized spacial score (nSPS) is 13.6. The fourth-order valence-corrected chi connectivity index (χ4v) is 0.648. The molecule has 0 rings (SSSR count). The van der Waals surface area contributed by atoms with Crippen LogP contribution >= 0.6 is 0 Å². The van der Waals surface area contributed by atoms with Crippen LogP contribution in [0.15, 0.2) is 12.7 Å². The molecule has 0 fully saturated rings. The monoisotopic (exact) mass is 144 g/mol. The Morgan fingerprint density at radius 3 is 2.50 bits per heavy atom. The Kier molecular flexibility index (Phi) is 5.26. The lowest BCUT2D eigenvalue weighted by Crippen LogP contribution is -2.23. The molecule has 0 saturated heterocycles. The fraction of sp³-hybridized carbons (Fsp3) is 0.750. The van der Waals surface area contributed by atoms with Crippen molar-refractivity contribution in [3.63, 3.8) is 0 Å². The minimum absolute atomic E-state index is 0.0435. The molecule has 2 heteroatoms. The second-order valence-corrected chi connectivity index (χ2v) is 2.59. The topological polar surface area (TPSA) is 29.5 Å². The number of hydrogen-bond acceptors (Lipinski definition) is 2. The zero-order chi connectivity index (χ0) is 7.98. The maximum absolute atomic E-state index is 8.76. The first kappa shape index (κ1) is 9.66. The Morgan fingerprint density at radius 1 is 1.60 bits per heavy atom. The number of aliphatic hydroxyl groups excluding tert-OH is 1. The minimum atomic E-state index is -0.0435. The summed E-state index contributed by atoms with van der Waals surface area (Å²) in [4.78, 5) is 0. The van der Waals surface area contributed by atoms with Crippen molar-refractivity contribution in [2.45, 2.75) is 20.0 Å². The highest BCUT2D eigenvalue weighted by Gasteiger charge is 2.10. The Balaban J connectivity index is 3.49. The molecule has 60 valence electrons. The van der Waals surface area contributed by atoms with Gasteiger partial charge in [0.25, 0.3) is 0 Å². The highest BCUT2D eigenvalue weighted by Crippen LogP contribution is 2.04. The fourth-order valence-electron chi connectivity index (χ4n) is 0.648. The van der Waals surface area contributed by atoms with E-state index in [-0.39, 0.29) is 12.7 Å². The summed E-state index contributed by atoms with van der Waals surface area (Å²) >= 11 is 0. The predicted octanol–water partition coefficient (Wildman–Crippen LogP) is 1.21. The van der Waals surface area contributed by atoms with Crippen LogP contribution in [0.5, 0.6) is 0 Å². The number of aliphatic hydroxyl groups is 1. The van der Waals surface area contributed by atoms with Crippen molar-refractivity contribution >= 4 is 0 Å². The van der Waals surface area contributed by atoms with Crippen molar-refractivity contribution in [3.8, 4) is 0 Å². The quantitative estimate of drug-likeness (QED) is 0.588. The van der Waals surface area contributed by atoms with Crippen LogP contribution in [-0.4, -0.2) is 24.4 Å². The zero-order valence-electron chi connectivity index (χ0n) is 6.71. The highest BCUT2D eigenvalue weighted by atomic mass is 16.5. The van der Waals surface area contributed by atoms with Crippen LogP contribution < -0.4 is 0 Å². The third-order valence-corrected chi connectivity index (χ3v) is 1.35. The molecule has 0 unspecified atom stereocenters. The second-order valence-electron chi connectivity index (χ2n) is 2.59. The van der Waals surface area contributed by atoms with Gasteiger partial charge >= 0.3 is 0 Å². The van der Waals surface area contributed by atoms with E-state index >= 15 is 0 Å². The SMILES string of the molecule is C=CCO[C@H](CO)C(C)C. The van der Waals surface area contributed by atoms with Gasteiger partial charge in [0.05, 0.1) is 19.3 Å². The molecule has 0 spiro atoms. The van der Waals surface area contributed by atoms with Crippen LogP contribution in [0.25, 0.3) is 0 Å². The lowest BCUT2D eigenvalue weighted by atomic mass is 10.1. The summed E-state index contributed by atoms with van der Waals surface area (Å²) in [6.45, 7) is 8.16. The third-order valence-electron chi connectivity index (χ3n) is 1.35. The van der Waals surface area contributed by atoms with Crippen molar-refractivity contribution in [1.29, 1.82) is 0 Å². The average molecular weight is 144 g/mol. The van der Waals surface area contributed by atoms with Crippen LogP contribution in [-0.2, 0) is 4.74 Å². The Morgan fingerprint density at radius 2 is 2.20 bits per heavy atom. The van der Waals surface area contributed by atoms with Crippen LogP contribution in [0.2, 0.25) is 0 Å². The molecule has 0 radical (unpaired) electrons. The average Bonchev–Trinajstić information content (AvgIpc) is 1.89. The summed E-state index contributed by atoms with van der Waals surface area (Å²) in [5.41, 5.74) is 0. The maximum Gasteiger partial charge on any atom is 0.0832 e. The molecule has 0 amide bonds. The molecule has 1 N–H and O–H groups in total. The van der Waals surface area contributed by atoms with Crippen molar-refractivity contribution in [2.75, 3.05) is 13.2 Å². The van der Waals surface area contributed by atoms with E-state index < -0.39 is 0 Å². The van der Waals surface area contributed by atoms with E-state index in [1.807, 2.05) is 13.8 Å². The maximum atomic E-state index is 8.76. The summed E-state index contributed by atoms with van der Waals surface area (Å²) in [6.07, 6.45) is 1.64. The molecule has 0 aliphatic rings. The zero-order valence-corrected chi connectivity index (χ0v) is 6.71. The molecule has 0 aliphatic heterocycles. The second kappa shape index (κ2) is 5.45. The summed E-state index contributed by atoms with van der Waals surface area (Å²) in [7, 11) is 0. The molecular formula is C8H16O2. The molecule has 0 aromatic heterocycles. The van der Waals surface area contributed by atoms with E-state index in [0.29, 0.717) is 12.5 Å². The van der Waals surface area contributed by atoms with Crippen LogP contribution in [0.4, 0.5) is 0 Å². The van der Waals surface area contributed by atoms with Gasteiger partial charge in [-0.15, -0.1) is 6.58 Å². The number of hydrogen-bond donors (Lipinski definition) is 1. The van der Waals surface area contributed by atoms with Crippen molar-refractivity contribution in [1.82, 2.24) is 0 Å². The summed E-state index contributed by atoms with van der Waals surface area (Å²) < 4.78 is 5.23. The molecular weight excluding hydrogens is 128 g/mol. The smallest absolute Gasteiger partial charge is 0.0832 e. The standard InChI is InChI=1S/C8H16O2/c1-4-5-10-8(6-9)7(2)3/h4,7-9H,1,5-6H2,2-3H3/t8-/m1/s1. The molecule has 0 bridgehead atoms.